The molecule has 2 fully saturated rings. The maximum Gasteiger partial charge on any atom is 0.257 e. The molecule has 1 saturated heterocycles. The van der Waals surface area contributed by atoms with Gasteiger partial charge in [0, 0.05) is 15.3 Å². The fourth-order valence-electron chi connectivity index (χ4n) is 4.78. The average molecular weight is 562 g/mol. The van der Waals surface area contributed by atoms with Crippen LogP contribution in [-0.4, -0.2) is 27.4 Å². The number of fused-ring (bicyclic) bond motifs is 1. The molecule has 7 heteroatoms. The van der Waals surface area contributed by atoms with E-state index >= 15 is 0 Å². The van der Waals surface area contributed by atoms with E-state index in [0.717, 1.165) is 29.7 Å². The molecule has 0 spiro atoms. The number of aryl methyl sites for hydroxylation is 2. The van der Waals surface area contributed by atoms with E-state index in [2.05, 4.69) is 51.0 Å². The number of para-hydroxylation sites is 2. The van der Waals surface area contributed by atoms with Crippen LogP contribution >= 0.6 is 31.9 Å². The summed E-state index contributed by atoms with van der Waals surface area (Å²) in [5.74, 6) is -1.46. The van der Waals surface area contributed by atoms with E-state index in [0.29, 0.717) is 24.1 Å². The Kier molecular flexibility index (Phi) is 6.86. The Labute approximate surface area is 205 Å². The summed E-state index contributed by atoms with van der Waals surface area (Å²) >= 11 is 7.25. The Balaban J connectivity index is 1.68. The molecular formula is C25H26Br2N2O3. The summed E-state index contributed by atoms with van der Waals surface area (Å²) in [6, 6.07) is 12.9. The molecule has 4 atom stereocenters. The molecule has 0 radical (unpaired) electrons. The third-order valence-electron chi connectivity index (χ3n) is 6.54. The van der Waals surface area contributed by atoms with Gasteiger partial charge in [-0.2, -0.15) is 0 Å². The van der Waals surface area contributed by atoms with Crippen LogP contribution in [0.5, 0.6) is 0 Å². The minimum atomic E-state index is -0.357. The molecule has 2 aromatic rings. The van der Waals surface area contributed by atoms with Crippen LogP contribution in [0.25, 0.3) is 0 Å². The van der Waals surface area contributed by atoms with E-state index in [9.17, 15) is 14.4 Å². The van der Waals surface area contributed by atoms with Crippen molar-refractivity contribution in [3.05, 3.63) is 59.2 Å². The first-order valence-corrected chi connectivity index (χ1v) is 12.9. The number of imide groups is 1. The first-order valence-electron chi connectivity index (χ1n) is 11.0. The topological polar surface area (TPSA) is 66.5 Å². The van der Waals surface area contributed by atoms with Gasteiger partial charge in [-0.1, -0.05) is 76.0 Å². The first kappa shape index (κ1) is 23.2. The minimum absolute atomic E-state index is 0.136. The third kappa shape index (κ3) is 4.05. The second-order valence-corrected chi connectivity index (χ2v) is 10.7. The maximum absolute atomic E-state index is 13.4. The first-order chi connectivity index (χ1) is 15.4. The van der Waals surface area contributed by atoms with Gasteiger partial charge in [0.25, 0.3) is 5.91 Å². The zero-order chi connectivity index (χ0) is 23.0. The number of nitrogens with zero attached hydrogens (tertiary/aromatic N) is 1. The number of alkyl halides is 2. The van der Waals surface area contributed by atoms with Crippen molar-refractivity contribution < 1.29 is 14.4 Å². The van der Waals surface area contributed by atoms with Crippen molar-refractivity contribution in [1.82, 2.24) is 0 Å². The lowest BCUT2D eigenvalue weighted by molar-refractivity contribution is -0.122. The number of amides is 3. The minimum Gasteiger partial charge on any atom is -0.321 e. The molecule has 0 aromatic heterocycles. The average Bonchev–Trinajstić information content (AvgIpc) is 3.03. The van der Waals surface area contributed by atoms with Crippen molar-refractivity contribution in [1.29, 1.82) is 0 Å². The number of hydrogen-bond acceptors (Lipinski definition) is 3. The van der Waals surface area contributed by atoms with Crippen LogP contribution in [0, 0.1) is 11.8 Å². The van der Waals surface area contributed by atoms with E-state index in [-0.39, 0.29) is 39.2 Å². The quantitative estimate of drug-likeness (QED) is 0.388. The Morgan fingerprint density at radius 1 is 0.906 bits per heavy atom. The van der Waals surface area contributed by atoms with Crippen molar-refractivity contribution in [3.63, 3.8) is 0 Å². The zero-order valence-corrected chi connectivity index (χ0v) is 21.3. The molecule has 2 aromatic carbocycles. The Morgan fingerprint density at radius 2 is 1.44 bits per heavy atom. The van der Waals surface area contributed by atoms with Crippen LogP contribution in [-0.2, 0) is 22.4 Å². The second-order valence-electron chi connectivity index (χ2n) is 8.36. The van der Waals surface area contributed by atoms with Crippen molar-refractivity contribution in [3.8, 4) is 0 Å². The molecule has 5 nitrogen and oxygen atoms in total. The molecule has 1 aliphatic heterocycles. The molecule has 1 heterocycles. The lowest BCUT2D eigenvalue weighted by Crippen LogP contribution is -2.34. The van der Waals surface area contributed by atoms with Crippen molar-refractivity contribution >= 4 is 61.0 Å². The highest BCUT2D eigenvalue weighted by molar-refractivity contribution is 9.12. The fourth-order valence-corrected chi connectivity index (χ4v) is 6.01. The van der Waals surface area contributed by atoms with Crippen LogP contribution in [0.2, 0.25) is 0 Å². The van der Waals surface area contributed by atoms with Gasteiger partial charge in [0.1, 0.15) is 0 Å². The SMILES string of the molecule is CCc1cccc(CC)c1NC(=O)c1ccccc1N1C(=O)[C@H]2C[C@H](Br)[C@@H](Br)C[C@H]2C1=O. The predicted octanol–water partition coefficient (Wildman–Crippen LogP) is 5.49. The van der Waals surface area contributed by atoms with Gasteiger partial charge < -0.3 is 5.32 Å². The summed E-state index contributed by atoms with van der Waals surface area (Å²) in [7, 11) is 0. The zero-order valence-electron chi connectivity index (χ0n) is 18.1. The van der Waals surface area contributed by atoms with Gasteiger partial charge in [-0.15, -0.1) is 0 Å². The number of anilines is 2. The van der Waals surface area contributed by atoms with Gasteiger partial charge >= 0.3 is 0 Å². The molecular weight excluding hydrogens is 536 g/mol. The van der Waals surface area contributed by atoms with E-state index in [1.807, 2.05) is 18.2 Å². The summed E-state index contributed by atoms with van der Waals surface area (Å²) in [6.45, 7) is 4.10. The van der Waals surface area contributed by atoms with Gasteiger partial charge in [-0.25, -0.2) is 4.90 Å². The lowest BCUT2D eigenvalue weighted by atomic mass is 9.81. The van der Waals surface area contributed by atoms with Gasteiger partial charge in [0.15, 0.2) is 0 Å². The van der Waals surface area contributed by atoms with Crippen LogP contribution in [0.15, 0.2) is 42.5 Å². The van der Waals surface area contributed by atoms with Crippen LogP contribution in [0.1, 0.15) is 48.2 Å². The van der Waals surface area contributed by atoms with Crippen LogP contribution in [0.4, 0.5) is 11.4 Å². The highest BCUT2D eigenvalue weighted by Crippen LogP contribution is 2.45. The van der Waals surface area contributed by atoms with Gasteiger partial charge in [0.05, 0.1) is 23.1 Å². The smallest absolute Gasteiger partial charge is 0.257 e. The molecule has 0 unspecified atom stereocenters. The fraction of sp³-hybridized carbons (Fsp3) is 0.400. The number of carbonyl (C=O) groups is 3. The largest absolute Gasteiger partial charge is 0.321 e. The number of rotatable bonds is 5. The molecule has 1 saturated carbocycles. The number of halogens is 2. The Morgan fingerprint density at radius 3 is 1.97 bits per heavy atom. The van der Waals surface area contributed by atoms with Crippen LogP contribution in [0.3, 0.4) is 0 Å². The van der Waals surface area contributed by atoms with E-state index in [1.165, 1.54) is 4.90 Å². The van der Waals surface area contributed by atoms with Crippen molar-refractivity contribution in [2.24, 2.45) is 11.8 Å². The maximum atomic E-state index is 13.4. The third-order valence-corrected chi connectivity index (χ3v) is 9.27. The highest BCUT2D eigenvalue weighted by atomic mass is 79.9. The molecule has 1 N–H and O–H groups in total. The number of nitrogens with one attached hydrogen (secondary N) is 1. The molecule has 1 aliphatic carbocycles. The van der Waals surface area contributed by atoms with E-state index in [1.54, 1.807) is 24.3 Å². The van der Waals surface area contributed by atoms with Crippen molar-refractivity contribution in [2.45, 2.75) is 49.2 Å². The molecule has 2 aliphatic rings. The standard InChI is InChI=1S/C25H26Br2N2O3/c1-3-14-8-7-9-15(4-2)22(14)28-23(30)16-10-5-6-11-21(16)29-24(31)17-12-19(26)20(27)13-18(17)25(29)32/h5-11,17-20H,3-4,12-13H2,1-2H3,(H,28,30)/t17-,18+,19-,20-/m0/s1. The van der Waals surface area contributed by atoms with Gasteiger partial charge in [0.2, 0.25) is 11.8 Å². The van der Waals surface area contributed by atoms with Gasteiger partial charge in [-0.05, 0) is 48.9 Å². The van der Waals surface area contributed by atoms with E-state index in [4.69, 9.17) is 0 Å². The molecule has 32 heavy (non-hydrogen) atoms. The summed E-state index contributed by atoms with van der Waals surface area (Å²) in [6.07, 6.45) is 2.78. The molecule has 0 bridgehead atoms. The summed E-state index contributed by atoms with van der Waals surface area (Å²) in [5.41, 5.74) is 3.61. The van der Waals surface area contributed by atoms with E-state index < -0.39 is 0 Å². The number of hydrogen-bond donors (Lipinski definition) is 1. The second kappa shape index (κ2) is 9.48. The Bertz CT molecular complexity index is 1020. The lowest BCUT2D eigenvalue weighted by Gasteiger charge is -2.29. The number of carbonyl (C=O) groups excluding carboxylic acids is 3. The van der Waals surface area contributed by atoms with Crippen molar-refractivity contribution in [2.75, 3.05) is 10.2 Å². The Hall–Kier alpha value is -1.99. The van der Waals surface area contributed by atoms with Gasteiger partial charge in [-0.3, -0.25) is 14.4 Å². The molecule has 168 valence electrons. The summed E-state index contributed by atoms with van der Waals surface area (Å²) in [4.78, 5) is 41.4. The predicted molar refractivity (Wildman–Crippen MR) is 134 cm³/mol. The summed E-state index contributed by atoms with van der Waals surface area (Å²) < 4.78 is 0. The molecule has 3 amide bonds. The molecule has 4 rings (SSSR count). The monoisotopic (exact) mass is 560 g/mol. The van der Waals surface area contributed by atoms with Crippen LogP contribution < -0.4 is 10.2 Å². The highest BCUT2D eigenvalue weighted by Gasteiger charge is 2.52. The number of benzene rings is 2. The normalized spacial score (nSPS) is 25.1. The summed E-state index contributed by atoms with van der Waals surface area (Å²) in [5, 5.41) is 3.06.